The maximum absolute atomic E-state index is 6.25. The van der Waals surface area contributed by atoms with Gasteiger partial charge in [-0.15, -0.1) is 0 Å². The number of furan rings is 1. The Balaban J connectivity index is 1.12. The van der Waals surface area contributed by atoms with Gasteiger partial charge in [-0.05, 0) is 12.1 Å². The summed E-state index contributed by atoms with van der Waals surface area (Å²) < 4.78 is 9.24. The van der Waals surface area contributed by atoms with E-state index in [0.717, 1.165) is 39.0 Å². The summed E-state index contributed by atoms with van der Waals surface area (Å²) >= 11 is 0.348. The molecule has 2 nitrogen and oxygen atoms in total. The topological polar surface area (TPSA) is 16.4 Å². The molecule has 3 heteroatoms. The molecule has 0 atom stereocenters. The molecule has 0 aliphatic heterocycles. The molecule has 0 spiro atoms. The summed E-state index contributed by atoms with van der Waals surface area (Å²) in [4.78, 5) is 2.29. The number of hydrogen-bond donors (Lipinski definition) is 0. The Morgan fingerprint density at radius 1 is 0.419 bits per heavy atom. The molecule has 2 aromatic heterocycles. The van der Waals surface area contributed by atoms with Gasteiger partial charge in [0.2, 0.25) is 0 Å². The van der Waals surface area contributed by atoms with Gasteiger partial charge in [-0.25, -0.2) is 0 Å². The van der Waals surface area contributed by atoms with Crippen LogP contribution >= 0.6 is 0 Å². The number of benzene rings is 7. The second-order valence-electron chi connectivity index (χ2n) is 11.0. The van der Waals surface area contributed by atoms with E-state index in [2.05, 4.69) is 144 Å². The zero-order valence-corrected chi connectivity index (χ0v) is 24.9. The van der Waals surface area contributed by atoms with Gasteiger partial charge in [0.05, 0.1) is 0 Å². The molecule has 43 heavy (non-hydrogen) atoms. The molecular formula is C40H25NOSe. The Morgan fingerprint density at radius 2 is 1.07 bits per heavy atom. The van der Waals surface area contributed by atoms with Gasteiger partial charge in [-0.3, -0.25) is 0 Å². The van der Waals surface area contributed by atoms with Gasteiger partial charge < -0.3 is 4.42 Å². The first kappa shape index (κ1) is 24.5. The van der Waals surface area contributed by atoms with Crippen LogP contribution in [0.1, 0.15) is 0 Å². The minimum atomic E-state index is 0.348. The van der Waals surface area contributed by atoms with E-state index < -0.39 is 0 Å². The summed E-state index contributed by atoms with van der Waals surface area (Å²) in [5.74, 6) is 0. The van der Waals surface area contributed by atoms with Gasteiger partial charge in [-0.2, -0.15) is 0 Å². The van der Waals surface area contributed by atoms with Gasteiger partial charge in [0.25, 0.3) is 0 Å². The summed E-state index contributed by atoms with van der Waals surface area (Å²) in [5.41, 5.74) is 7.52. The number of anilines is 3. The summed E-state index contributed by atoms with van der Waals surface area (Å²) in [6.45, 7) is 0. The minimum Gasteiger partial charge on any atom is -0.456 e. The minimum absolute atomic E-state index is 0.348. The molecule has 0 amide bonds. The van der Waals surface area contributed by atoms with Crippen LogP contribution in [0.4, 0.5) is 17.1 Å². The molecule has 7 aromatic carbocycles. The second-order valence-corrected chi connectivity index (χ2v) is 13.2. The van der Waals surface area contributed by atoms with E-state index in [9.17, 15) is 0 Å². The van der Waals surface area contributed by atoms with Gasteiger partial charge in [-0.1, -0.05) is 36.4 Å². The van der Waals surface area contributed by atoms with Crippen molar-refractivity contribution in [2.24, 2.45) is 0 Å². The normalized spacial score (nSPS) is 11.7. The Labute approximate surface area is 254 Å². The molecule has 0 radical (unpaired) electrons. The third kappa shape index (κ3) is 4.01. The molecule has 0 saturated carbocycles. The zero-order chi connectivity index (χ0) is 28.3. The van der Waals surface area contributed by atoms with Crippen molar-refractivity contribution in [3.8, 4) is 11.1 Å². The zero-order valence-electron chi connectivity index (χ0n) is 23.2. The van der Waals surface area contributed by atoms with Crippen LogP contribution in [0, 0.1) is 0 Å². The summed E-state index contributed by atoms with van der Waals surface area (Å²) in [7, 11) is 0. The van der Waals surface area contributed by atoms with Crippen LogP contribution in [0.2, 0.25) is 0 Å². The number of nitrogens with zero attached hydrogens (tertiary/aromatic N) is 1. The van der Waals surface area contributed by atoms with Crippen LogP contribution in [0.25, 0.3) is 63.1 Å². The van der Waals surface area contributed by atoms with Crippen LogP contribution < -0.4 is 4.90 Å². The van der Waals surface area contributed by atoms with E-state index in [1.165, 1.54) is 41.2 Å². The van der Waals surface area contributed by atoms with Crippen LogP contribution in [-0.4, -0.2) is 14.5 Å². The van der Waals surface area contributed by atoms with Gasteiger partial charge >= 0.3 is 181 Å². The molecule has 0 unspecified atom stereocenters. The van der Waals surface area contributed by atoms with Gasteiger partial charge in [0.15, 0.2) is 0 Å². The fourth-order valence-electron chi connectivity index (χ4n) is 6.37. The van der Waals surface area contributed by atoms with Crippen molar-refractivity contribution >= 4 is 83.6 Å². The van der Waals surface area contributed by atoms with Crippen LogP contribution in [-0.2, 0) is 0 Å². The van der Waals surface area contributed by atoms with E-state index in [0.29, 0.717) is 14.5 Å². The van der Waals surface area contributed by atoms with E-state index >= 15 is 0 Å². The van der Waals surface area contributed by atoms with Crippen LogP contribution in [0.3, 0.4) is 0 Å². The number of para-hydroxylation sites is 2. The summed E-state index contributed by atoms with van der Waals surface area (Å²) in [6, 6.07) is 54.6. The van der Waals surface area contributed by atoms with Crippen molar-refractivity contribution in [3.63, 3.8) is 0 Å². The molecule has 2 heterocycles. The standard InChI is InChI=1S/C40H25NOSe/c1-2-8-29(9-3-1)41(31-20-23-34-33-10-4-6-12-37(33)42-38(34)25-31)30-18-14-26(15-19-30)27-16-21-32-28(24-27)17-22-36-35-11-5-7-13-39(35)43-40(32)36/h1-25H. The first-order valence-corrected chi connectivity index (χ1v) is 16.2. The van der Waals surface area contributed by atoms with E-state index in [1.807, 2.05) is 12.1 Å². The summed E-state index contributed by atoms with van der Waals surface area (Å²) in [6.07, 6.45) is 0. The Kier molecular flexibility index (Phi) is 5.55. The van der Waals surface area contributed by atoms with E-state index in [1.54, 1.807) is 0 Å². The molecule has 0 aliphatic carbocycles. The van der Waals surface area contributed by atoms with Gasteiger partial charge in [0.1, 0.15) is 11.2 Å². The predicted molar refractivity (Wildman–Crippen MR) is 183 cm³/mol. The van der Waals surface area contributed by atoms with Crippen molar-refractivity contribution < 1.29 is 4.42 Å². The van der Waals surface area contributed by atoms with Crippen molar-refractivity contribution in [2.45, 2.75) is 0 Å². The molecule has 0 fully saturated rings. The Hall–Kier alpha value is -5.08. The van der Waals surface area contributed by atoms with Gasteiger partial charge in [0, 0.05) is 10.8 Å². The average Bonchev–Trinajstić information content (AvgIpc) is 3.64. The summed E-state index contributed by atoms with van der Waals surface area (Å²) in [5, 5.41) is 7.77. The number of rotatable bonds is 4. The Bertz CT molecular complexity index is 2450. The van der Waals surface area contributed by atoms with Crippen molar-refractivity contribution in [1.82, 2.24) is 0 Å². The van der Waals surface area contributed by atoms with Crippen LogP contribution in [0.5, 0.6) is 0 Å². The monoisotopic (exact) mass is 615 g/mol. The SMILES string of the molecule is c1ccc(N(c2ccc(-c3ccc4c(ccc5c6ccccc6[se]c45)c3)cc2)c2ccc3c(c2)oc2ccccc23)cc1. The fourth-order valence-corrected chi connectivity index (χ4v) is 8.97. The smallest absolute Gasteiger partial charge is 0.456 e. The number of hydrogen-bond acceptors (Lipinski definition) is 2. The molecule has 9 rings (SSSR count). The second kappa shape index (κ2) is 9.74. The molecule has 0 bridgehead atoms. The molecule has 0 saturated heterocycles. The molecule has 0 aliphatic rings. The first-order valence-electron chi connectivity index (χ1n) is 14.5. The molecule has 0 N–H and O–H groups in total. The molecular weight excluding hydrogens is 589 g/mol. The quantitative estimate of drug-likeness (QED) is 0.183. The number of fused-ring (bicyclic) bond motifs is 8. The van der Waals surface area contributed by atoms with E-state index in [-0.39, 0.29) is 0 Å². The third-order valence-electron chi connectivity index (χ3n) is 8.45. The van der Waals surface area contributed by atoms with Crippen molar-refractivity contribution in [3.05, 3.63) is 152 Å². The van der Waals surface area contributed by atoms with Crippen LogP contribution in [0.15, 0.2) is 156 Å². The molecule has 202 valence electrons. The molecule has 9 aromatic rings. The fraction of sp³-hybridized carbons (Fsp3) is 0. The van der Waals surface area contributed by atoms with Crippen molar-refractivity contribution in [1.29, 1.82) is 0 Å². The maximum atomic E-state index is 6.25. The predicted octanol–water partition coefficient (Wildman–Crippen LogP) is 11.2. The average molecular weight is 615 g/mol. The Morgan fingerprint density at radius 3 is 1.95 bits per heavy atom. The first-order chi connectivity index (χ1) is 21.3. The third-order valence-corrected chi connectivity index (χ3v) is 11.0. The van der Waals surface area contributed by atoms with Crippen molar-refractivity contribution in [2.75, 3.05) is 4.90 Å². The van der Waals surface area contributed by atoms with E-state index in [4.69, 9.17) is 4.42 Å².